The number of aromatic nitrogens is 6. The summed E-state index contributed by atoms with van der Waals surface area (Å²) in [5.74, 6) is 3.20. The molecule has 18 nitrogen and oxygen atoms in total. The Morgan fingerprint density at radius 1 is 0.345 bits per heavy atom. The zero-order chi connectivity index (χ0) is 62.4. The second kappa shape index (κ2) is 38.3. The van der Waals surface area contributed by atoms with Gasteiger partial charge in [0, 0.05) is 86.0 Å². The minimum absolute atomic E-state index is 0.0196. The van der Waals surface area contributed by atoms with Crippen molar-refractivity contribution in [3.63, 3.8) is 0 Å². The minimum atomic E-state index is -0.738. The maximum Gasteiger partial charge on any atom is 0.279 e. The van der Waals surface area contributed by atoms with Crippen LogP contribution in [-0.2, 0) is 56.8 Å². The maximum absolute atomic E-state index is 5.52. The van der Waals surface area contributed by atoms with Crippen molar-refractivity contribution in [1.29, 1.82) is 0 Å². The highest BCUT2D eigenvalue weighted by molar-refractivity contribution is 5.11. The minimum Gasteiger partial charge on any atom is -0.378 e. The molecule has 10 aliphatic heterocycles. The smallest absolute Gasteiger partial charge is 0.279 e. The summed E-state index contributed by atoms with van der Waals surface area (Å²) in [7, 11) is 0. The van der Waals surface area contributed by atoms with Crippen molar-refractivity contribution < 1.29 is 56.8 Å². The average Bonchev–Trinajstić information content (AvgIpc) is 3.58. The SMILES string of the molecule is CC12COC(C)(CO1)OC2.CC12COC(C)(OC1)OC2.CC1CCC(C)OC1.CC1CCC(C)OC1.CC1COC(C)OC1.CC1COC(C)OC1.Cc1ccc(C)nc1.Cc1ccc(C)nc1.Cc1cnc(C)nc1.Cc1cnc(C)nc1. The lowest BCUT2D eigenvalue weighted by Crippen LogP contribution is -2.61. The number of fused-ring (bicyclic) bond motifs is 6. The van der Waals surface area contributed by atoms with E-state index in [9.17, 15) is 0 Å². The molecule has 0 amide bonds. The van der Waals surface area contributed by atoms with E-state index in [2.05, 4.69) is 90.5 Å². The predicted octanol–water partition coefficient (Wildman–Crippen LogP) is 12.5. The fraction of sp³-hybridized carbons (Fsp3) is 0.727. The van der Waals surface area contributed by atoms with Gasteiger partial charge in [0.25, 0.3) is 5.97 Å². The predicted molar refractivity (Wildman–Crippen MR) is 328 cm³/mol. The van der Waals surface area contributed by atoms with E-state index in [1.165, 1.54) is 36.8 Å². The molecule has 0 radical (unpaired) electrons. The summed E-state index contributed by atoms with van der Waals surface area (Å²) < 4.78 is 63.8. The fourth-order valence-corrected chi connectivity index (χ4v) is 7.75. The van der Waals surface area contributed by atoms with Gasteiger partial charge in [-0.25, -0.2) is 19.9 Å². The first-order valence-electron chi connectivity index (χ1n) is 30.4. The van der Waals surface area contributed by atoms with Crippen LogP contribution in [-0.4, -0.2) is 151 Å². The molecule has 10 aliphatic rings. The number of ether oxygens (including phenoxy) is 12. The third-order valence-electron chi connectivity index (χ3n) is 14.0. The van der Waals surface area contributed by atoms with E-state index < -0.39 is 11.8 Å². The zero-order valence-corrected chi connectivity index (χ0v) is 55.3. The van der Waals surface area contributed by atoms with Crippen molar-refractivity contribution in [3.05, 3.63) is 107 Å². The largest absolute Gasteiger partial charge is 0.378 e. The molecule has 10 saturated heterocycles. The van der Waals surface area contributed by atoms with Crippen molar-refractivity contribution in [2.75, 3.05) is 79.3 Å². The van der Waals surface area contributed by atoms with E-state index in [1.807, 2.05) is 139 Å². The van der Waals surface area contributed by atoms with E-state index in [0.717, 1.165) is 105 Å². The van der Waals surface area contributed by atoms with Crippen LogP contribution in [0.3, 0.4) is 0 Å². The molecular formula is C66H110N6O12. The lowest BCUT2D eigenvalue weighted by Gasteiger charge is -2.49. The van der Waals surface area contributed by atoms with Gasteiger partial charge in [-0.3, -0.25) is 9.97 Å². The van der Waals surface area contributed by atoms with Crippen molar-refractivity contribution in [3.8, 4) is 0 Å². The second-order valence-electron chi connectivity index (χ2n) is 24.9. The lowest BCUT2D eigenvalue weighted by molar-refractivity contribution is -0.457. The summed E-state index contributed by atoms with van der Waals surface area (Å²) in [4.78, 5) is 24.0. The van der Waals surface area contributed by atoms with Gasteiger partial charge in [0.05, 0.1) is 71.7 Å². The number of nitrogens with zero attached hydrogens (tertiary/aromatic N) is 6. The molecule has 84 heavy (non-hydrogen) atoms. The molecule has 0 aromatic carbocycles. The van der Waals surface area contributed by atoms with E-state index in [-0.39, 0.29) is 23.6 Å². The van der Waals surface area contributed by atoms with E-state index in [0.29, 0.717) is 43.9 Å². The van der Waals surface area contributed by atoms with Crippen LogP contribution >= 0.6 is 0 Å². The Morgan fingerprint density at radius 3 is 0.893 bits per heavy atom. The standard InChI is InChI=1S/2C7H9N.2C7H12O3.2C7H14O.2C6H8N2.2C6H12O2/c2*1-6-3-4-7(2)8-5-6;1-6-3-9-7(2,5-8-6)10-4-6;1-6-3-8-7(2,9-4-6)10-5-6;2*1-6-3-4-7(2)8-5-6;4*1-5-3-7-6(2)8-4-5/h2*3-5H,1-2H3;2*3-5H2,1-2H3;2*6-7H,3-5H2,1-2H3;2*3-4H,1-2H3;2*5-6H,3-4H2,1-2H3. The number of pyridine rings is 2. The summed E-state index contributed by atoms with van der Waals surface area (Å²) >= 11 is 0. The molecule has 0 spiro atoms. The molecule has 4 unspecified atom stereocenters. The Bertz CT molecular complexity index is 1800. The molecule has 4 aromatic rings. The van der Waals surface area contributed by atoms with Gasteiger partial charge in [0.2, 0.25) is 0 Å². The van der Waals surface area contributed by atoms with Crippen LogP contribution < -0.4 is 0 Å². The first-order valence-corrected chi connectivity index (χ1v) is 30.4. The second-order valence-corrected chi connectivity index (χ2v) is 24.9. The highest BCUT2D eigenvalue weighted by Crippen LogP contribution is 2.37. The molecule has 0 saturated carbocycles. The van der Waals surface area contributed by atoms with Crippen LogP contribution in [0, 0.1) is 84.5 Å². The third-order valence-corrected chi connectivity index (χ3v) is 14.0. The molecule has 4 atom stereocenters. The Labute approximate surface area is 506 Å². The molecular weight excluding hydrogens is 1070 g/mol. The molecule has 14 heterocycles. The third kappa shape index (κ3) is 33.2. The molecule has 0 N–H and O–H groups in total. The molecule has 18 heteroatoms. The van der Waals surface area contributed by atoms with Gasteiger partial charge in [-0.2, -0.15) is 0 Å². The van der Waals surface area contributed by atoms with Gasteiger partial charge in [0.15, 0.2) is 18.4 Å². The van der Waals surface area contributed by atoms with E-state index in [4.69, 9.17) is 56.8 Å². The quantitative estimate of drug-likeness (QED) is 0.161. The maximum atomic E-state index is 5.52. The zero-order valence-electron chi connectivity index (χ0n) is 55.3. The highest BCUT2D eigenvalue weighted by Gasteiger charge is 2.48. The molecule has 4 bridgehead atoms. The Kier molecular flexibility index (Phi) is 33.8. The van der Waals surface area contributed by atoms with Crippen molar-refractivity contribution in [2.24, 2.45) is 29.1 Å². The number of hydrogen-bond acceptors (Lipinski definition) is 18. The molecule has 14 rings (SSSR count). The van der Waals surface area contributed by atoms with Crippen molar-refractivity contribution >= 4 is 0 Å². The van der Waals surface area contributed by atoms with Gasteiger partial charge in [-0.15, -0.1) is 0 Å². The van der Waals surface area contributed by atoms with Gasteiger partial charge in [-0.05, 0) is 169 Å². The van der Waals surface area contributed by atoms with Crippen molar-refractivity contribution in [1.82, 2.24) is 29.9 Å². The number of hydrogen-bond donors (Lipinski definition) is 0. The van der Waals surface area contributed by atoms with Crippen LogP contribution in [0.15, 0.2) is 61.4 Å². The summed E-state index contributed by atoms with van der Waals surface area (Å²) in [6.07, 6.45) is 17.2. The number of aryl methyl sites for hydroxylation is 8. The first kappa shape index (κ1) is 74.2. The Hall–Kier alpha value is -4.02. The average molecular weight is 1180 g/mol. The van der Waals surface area contributed by atoms with E-state index in [1.54, 1.807) is 0 Å². The van der Waals surface area contributed by atoms with Gasteiger partial charge in [0.1, 0.15) is 23.9 Å². The van der Waals surface area contributed by atoms with Gasteiger partial charge >= 0.3 is 0 Å². The molecule has 4 aromatic heterocycles. The Morgan fingerprint density at radius 2 is 0.679 bits per heavy atom. The van der Waals surface area contributed by atoms with Crippen LogP contribution in [0.25, 0.3) is 0 Å². The summed E-state index contributed by atoms with van der Waals surface area (Å²) in [6.45, 7) is 49.9. The van der Waals surface area contributed by atoms with Crippen LogP contribution in [0.4, 0.5) is 0 Å². The van der Waals surface area contributed by atoms with Gasteiger partial charge in [-0.1, -0.05) is 46.8 Å². The van der Waals surface area contributed by atoms with Crippen molar-refractivity contribution in [2.45, 2.75) is 206 Å². The monoisotopic (exact) mass is 1180 g/mol. The van der Waals surface area contributed by atoms with Crippen LogP contribution in [0.1, 0.15) is 154 Å². The summed E-state index contributed by atoms with van der Waals surface area (Å²) in [5.41, 5.74) is 6.72. The summed E-state index contributed by atoms with van der Waals surface area (Å²) in [5, 5.41) is 0. The fourth-order valence-electron chi connectivity index (χ4n) is 7.75. The number of rotatable bonds is 0. The van der Waals surface area contributed by atoms with Gasteiger partial charge < -0.3 is 56.8 Å². The topological polar surface area (TPSA) is 188 Å². The highest BCUT2D eigenvalue weighted by atomic mass is 16.9. The van der Waals surface area contributed by atoms with E-state index >= 15 is 0 Å². The van der Waals surface area contributed by atoms with Crippen LogP contribution in [0.2, 0.25) is 0 Å². The first-order chi connectivity index (χ1) is 39.5. The normalized spacial score (nSPS) is 31.4. The molecule has 10 fully saturated rings. The van der Waals surface area contributed by atoms with Crippen LogP contribution in [0.5, 0.6) is 0 Å². The Balaban J connectivity index is 0.000000245. The summed E-state index contributed by atoms with van der Waals surface area (Å²) in [6, 6.07) is 8.13. The molecule has 0 aliphatic carbocycles. The lowest BCUT2D eigenvalue weighted by atomic mass is 9.92. The molecule has 476 valence electrons.